The summed E-state index contributed by atoms with van der Waals surface area (Å²) in [4.78, 5) is 25.1. The van der Waals surface area contributed by atoms with Gasteiger partial charge in [-0.1, -0.05) is 72.3 Å². The summed E-state index contributed by atoms with van der Waals surface area (Å²) in [6, 6.07) is 36.5. The van der Waals surface area contributed by atoms with Crippen LogP contribution in [0.5, 0.6) is 5.75 Å². The molecule has 0 atom stereocenters. The first kappa shape index (κ1) is 28.9. The van der Waals surface area contributed by atoms with Crippen LogP contribution in [-0.4, -0.2) is 28.4 Å². The molecule has 214 valence electrons. The molecule has 0 bridgehead atoms. The molecule has 2 aromatic heterocycles. The average Bonchev–Trinajstić information content (AvgIpc) is 3.47. The largest absolute Gasteiger partial charge is 0.496 e. The Morgan fingerprint density at radius 1 is 0.721 bits per heavy atom. The van der Waals surface area contributed by atoms with E-state index in [2.05, 4.69) is 64.6 Å². The standard InChI is InChI=1S/C23H21NO4.C14H11N/c1-14-7-10-16(11-8-14)24-19-6-4-5-18(21(19)23(26)27)22(25)17-12-9-15(2)13-20(17)28-3;1-2-6-12(7-3-1)13-10-14-8-4-5-9-15(14)11-13/h4-13,24H,1-3H3,(H,26,27);1-11H. The number of benzene rings is 4. The van der Waals surface area contributed by atoms with Crippen molar-refractivity contribution in [1.82, 2.24) is 4.40 Å². The fraction of sp³-hybridized carbons (Fsp3) is 0.0811. The van der Waals surface area contributed by atoms with Gasteiger partial charge in [-0.05, 0) is 73.5 Å². The third-order valence-electron chi connectivity index (χ3n) is 7.07. The van der Waals surface area contributed by atoms with Gasteiger partial charge in [-0.3, -0.25) is 4.79 Å². The zero-order valence-electron chi connectivity index (χ0n) is 24.2. The summed E-state index contributed by atoms with van der Waals surface area (Å²) in [7, 11) is 1.49. The van der Waals surface area contributed by atoms with Crippen LogP contribution in [0.3, 0.4) is 0 Å². The third-order valence-corrected chi connectivity index (χ3v) is 7.07. The van der Waals surface area contributed by atoms with E-state index in [0.717, 1.165) is 16.8 Å². The van der Waals surface area contributed by atoms with Crippen molar-refractivity contribution < 1.29 is 19.4 Å². The van der Waals surface area contributed by atoms with Crippen molar-refractivity contribution in [2.75, 3.05) is 12.4 Å². The van der Waals surface area contributed by atoms with Crippen LogP contribution in [0.15, 0.2) is 128 Å². The number of nitrogens with one attached hydrogen (secondary N) is 1. The van der Waals surface area contributed by atoms with Crippen molar-refractivity contribution in [3.8, 4) is 16.9 Å². The van der Waals surface area contributed by atoms with Gasteiger partial charge in [0.25, 0.3) is 0 Å². The summed E-state index contributed by atoms with van der Waals surface area (Å²) in [5.41, 5.74) is 7.25. The van der Waals surface area contributed by atoms with E-state index >= 15 is 0 Å². The van der Waals surface area contributed by atoms with Gasteiger partial charge in [-0.2, -0.15) is 0 Å². The van der Waals surface area contributed by atoms with Crippen molar-refractivity contribution in [2.24, 2.45) is 0 Å². The van der Waals surface area contributed by atoms with E-state index in [-0.39, 0.29) is 11.1 Å². The van der Waals surface area contributed by atoms with Gasteiger partial charge in [0.2, 0.25) is 0 Å². The fourth-order valence-corrected chi connectivity index (χ4v) is 4.84. The molecule has 43 heavy (non-hydrogen) atoms. The average molecular weight is 569 g/mol. The molecule has 0 unspecified atom stereocenters. The van der Waals surface area contributed by atoms with Crippen molar-refractivity contribution in [1.29, 1.82) is 0 Å². The number of carboxylic acids is 1. The Balaban J connectivity index is 0.000000204. The summed E-state index contributed by atoms with van der Waals surface area (Å²) in [5, 5.41) is 12.9. The molecule has 0 amide bonds. The van der Waals surface area contributed by atoms with E-state index in [4.69, 9.17) is 4.74 Å². The number of nitrogens with zero attached hydrogens (tertiary/aromatic N) is 1. The maximum atomic E-state index is 13.1. The van der Waals surface area contributed by atoms with E-state index < -0.39 is 11.8 Å². The monoisotopic (exact) mass is 568 g/mol. The number of aromatic carboxylic acids is 1. The lowest BCUT2D eigenvalue weighted by atomic mass is 9.95. The summed E-state index contributed by atoms with van der Waals surface area (Å²) >= 11 is 0. The van der Waals surface area contributed by atoms with Crippen LogP contribution in [0, 0.1) is 13.8 Å². The summed E-state index contributed by atoms with van der Waals surface area (Å²) in [6.07, 6.45) is 4.23. The number of hydrogen-bond donors (Lipinski definition) is 2. The van der Waals surface area contributed by atoms with E-state index in [1.54, 1.807) is 30.3 Å². The number of anilines is 2. The highest BCUT2D eigenvalue weighted by molar-refractivity contribution is 6.17. The van der Waals surface area contributed by atoms with Crippen LogP contribution in [-0.2, 0) is 0 Å². The molecule has 6 nitrogen and oxygen atoms in total. The molecule has 0 saturated carbocycles. The first-order valence-electron chi connectivity index (χ1n) is 13.9. The molecular weight excluding hydrogens is 536 g/mol. The second kappa shape index (κ2) is 12.9. The molecule has 0 saturated heterocycles. The number of hydrogen-bond acceptors (Lipinski definition) is 4. The van der Waals surface area contributed by atoms with Crippen LogP contribution >= 0.6 is 0 Å². The SMILES string of the molecule is COc1cc(C)ccc1C(=O)c1cccc(Nc2ccc(C)cc2)c1C(=O)O.c1ccc(-c2cc3ccccn3c2)cc1. The second-order valence-corrected chi connectivity index (χ2v) is 10.2. The highest BCUT2D eigenvalue weighted by Gasteiger charge is 2.23. The number of methoxy groups -OCH3 is 1. The Labute approximate surface area is 250 Å². The molecule has 6 aromatic rings. The third kappa shape index (κ3) is 6.66. The van der Waals surface area contributed by atoms with Crippen LogP contribution < -0.4 is 10.1 Å². The molecule has 4 aromatic carbocycles. The lowest BCUT2D eigenvalue weighted by Crippen LogP contribution is -2.13. The molecule has 6 rings (SSSR count). The molecule has 2 N–H and O–H groups in total. The minimum Gasteiger partial charge on any atom is -0.496 e. The lowest BCUT2D eigenvalue weighted by Gasteiger charge is -2.14. The molecule has 0 aliphatic carbocycles. The van der Waals surface area contributed by atoms with Gasteiger partial charge in [0, 0.05) is 34.7 Å². The molecule has 6 heteroatoms. The lowest BCUT2D eigenvalue weighted by molar-refractivity contribution is 0.0694. The van der Waals surface area contributed by atoms with Gasteiger partial charge in [-0.15, -0.1) is 0 Å². The van der Waals surface area contributed by atoms with E-state index in [0.29, 0.717) is 17.0 Å². The van der Waals surface area contributed by atoms with E-state index in [1.807, 2.05) is 50.2 Å². The molecule has 0 fully saturated rings. The Bertz CT molecular complexity index is 1860. The number of aromatic nitrogens is 1. The van der Waals surface area contributed by atoms with Gasteiger partial charge in [-0.25, -0.2) is 4.79 Å². The number of fused-ring (bicyclic) bond motifs is 1. The quantitative estimate of drug-likeness (QED) is 0.189. The normalized spacial score (nSPS) is 10.5. The number of ether oxygens (including phenoxy) is 1. The van der Waals surface area contributed by atoms with Gasteiger partial charge in [0.15, 0.2) is 5.78 Å². The number of rotatable bonds is 7. The first-order valence-corrected chi connectivity index (χ1v) is 13.9. The summed E-state index contributed by atoms with van der Waals surface area (Å²) in [5.74, 6) is -1.16. The Morgan fingerprint density at radius 3 is 2.14 bits per heavy atom. The van der Waals surface area contributed by atoms with E-state index in [9.17, 15) is 14.7 Å². The summed E-state index contributed by atoms with van der Waals surface area (Å²) < 4.78 is 7.46. The van der Waals surface area contributed by atoms with Gasteiger partial charge >= 0.3 is 5.97 Å². The Kier molecular flexibility index (Phi) is 8.68. The topological polar surface area (TPSA) is 80.0 Å². The molecular formula is C37H32N2O4. The van der Waals surface area contributed by atoms with Crippen LogP contribution in [0.25, 0.3) is 16.6 Å². The van der Waals surface area contributed by atoms with Crippen LogP contribution in [0.1, 0.15) is 37.4 Å². The van der Waals surface area contributed by atoms with E-state index in [1.165, 1.54) is 29.8 Å². The van der Waals surface area contributed by atoms with Crippen LogP contribution in [0.4, 0.5) is 11.4 Å². The van der Waals surface area contributed by atoms with Crippen molar-refractivity contribution in [2.45, 2.75) is 13.8 Å². The smallest absolute Gasteiger partial charge is 0.338 e. The Morgan fingerprint density at radius 2 is 1.44 bits per heavy atom. The molecule has 0 aliphatic heterocycles. The number of aryl methyl sites for hydroxylation is 2. The first-order chi connectivity index (χ1) is 20.8. The highest BCUT2D eigenvalue weighted by atomic mass is 16.5. The maximum absolute atomic E-state index is 13.1. The minimum absolute atomic E-state index is 0.0734. The van der Waals surface area contributed by atoms with Crippen molar-refractivity contribution in [3.63, 3.8) is 0 Å². The van der Waals surface area contributed by atoms with Gasteiger partial charge in [0.05, 0.1) is 23.9 Å². The minimum atomic E-state index is -1.18. The zero-order chi connectivity index (χ0) is 30.3. The highest BCUT2D eigenvalue weighted by Crippen LogP contribution is 2.29. The maximum Gasteiger partial charge on any atom is 0.338 e. The molecule has 0 aliphatic rings. The number of carboxylic acid groups (broad SMARTS) is 1. The zero-order valence-corrected chi connectivity index (χ0v) is 24.2. The van der Waals surface area contributed by atoms with Gasteiger partial charge < -0.3 is 19.6 Å². The summed E-state index contributed by atoms with van der Waals surface area (Å²) in [6.45, 7) is 3.87. The Hall–Kier alpha value is -5.62. The van der Waals surface area contributed by atoms with Gasteiger partial charge in [0.1, 0.15) is 5.75 Å². The van der Waals surface area contributed by atoms with Crippen molar-refractivity contribution >= 4 is 28.6 Å². The van der Waals surface area contributed by atoms with Crippen LogP contribution in [0.2, 0.25) is 0 Å². The number of pyridine rings is 1. The second-order valence-electron chi connectivity index (χ2n) is 10.2. The number of ketones is 1. The predicted molar refractivity (Wildman–Crippen MR) is 172 cm³/mol. The fourth-order valence-electron chi connectivity index (χ4n) is 4.84. The predicted octanol–water partition coefficient (Wildman–Crippen LogP) is 8.59. The molecule has 2 heterocycles. The molecule has 0 radical (unpaired) electrons. The number of carbonyl (C=O) groups is 2. The van der Waals surface area contributed by atoms with Crippen molar-refractivity contribution in [3.05, 3.63) is 155 Å². The number of carbonyl (C=O) groups excluding carboxylic acids is 1. The molecule has 0 spiro atoms.